The van der Waals surface area contributed by atoms with Gasteiger partial charge >= 0.3 is 0 Å². The molecule has 0 spiro atoms. The van der Waals surface area contributed by atoms with Crippen LogP contribution >= 0.6 is 35.6 Å². The lowest BCUT2D eigenvalue weighted by Gasteiger charge is -2.15. The van der Waals surface area contributed by atoms with Crippen molar-refractivity contribution in [1.29, 1.82) is 0 Å². The minimum atomic E-state index is 0.224. The number of carbonyl (C=O) groups excluding carboxylic acids is 1. The van der Waals surface area contributed by atoms with Gasteiger partial charge in [0.25, 0.3) is 0 Å². The van der Waals surface area contributed by atoms with Gasteiger partial charge in [-0.3, -0.25) is 4.79 Å². The summed E-state index contributed by atoms with van der Waals surface area (Å²) in [5, 5.41) is 7.26. The van der Waals surface area contributed by atoms with Gasteiger partial charge in [-0.05, 0) is 25.1 Å². The van der Waals surface area contributed by atoms with E-state index in [2.05, 4.69) is 17.6 Å². The monoisotopic (exact) mass is 390 g/mol. The van der Waals surface area contributed by atoms with E-state index >= 15 is 0 Å². The molecule has 1 aromatic rings. The summed E-state index contributed by atoms with van der Waals surface area (Å²) in [5.41, 5.74) is 0.658. The van der Waals surface area contributed by atoms with Crippen molar-refractivity contribution in [2.45, 2.75) is 26.2 Å². The summed E-state index contributed by atoms with van der Waals surface area (Å²) in [6, 6.07) is 3.38. The number of methoxy groups -OCH3 is 2. The van der Waals surface area contributed by atoms with Crippen molar-refractivity contribution in [1.82, 2.24) is 5.32 Å². The van der Waals surface area contributed by atoms with Crippen molar-refractivity contribution < 1.29 is 14.3 Å². The van der Waals surface area contributed by atoms with Gasteiger partial charge in [-0.25, -0.2) is 0 Å². The number of hydrogen-bond donors (Lipinski definition) is 2. The van der Waals surface area contributed by atoms with Gasteiger partial charge < -0.3 is 20.1 Å². The molecule has 24 heavy (non-hydrogen) atoms. The van der Waals surface area contributed by atoms with Gasteiger partial charge in [-0.2, -0.15) is 0 Å². The van der Waals surface area contributed by atoms with Crippen LogP contribution in [0.3, 0.4) is 0 Å². The second-order valence-corrected chi connectivity index (χ2v) is 6.86. The Balaban J connectivity index is 2.46. The Morgan fingerprint density at radius 2 is 2.00 bits per heavy atom. The van der Waals surface area contributed by atoms with Crippen molar-refractivity contribution in [2.24, 2.45) is 0 Å². The van der Waals surface area contributed by atoms with Crippen molar-refractivity contribution in [3.8, 4) is 11.5 Å². The zero-order valence-corrected chi connectivity index (χ0v) is 16.5. The Morgan fingerprint density at radius 3 is 2.62 bits per heavy atom. The minimum absolute atomic E-state index is 0.224. The van der Waals surface area contributed by atoms with Gasteiger partial charge in [-0.1, -0.05) is 30.3 Å². The van der Waals surface area contributed by atoms with Gasteiger partial charge in [0.15, 0.2) is 10.2 Å². The number of nitrogens with one attached hydrogen (secondary N) is 2. The van der Waals surface area contributed by atoms with E-state index in [4.69, 9.17) is 33.3 Å². The van der Waals surface area contributed by atoms with Gasteiger partial charge in [0, 0.05) is 30.9 Å². The van der Waals surface area contributed by atoms with Crippen LogP contribution in [-0.2, 0) is 4.79 Å². The van der Waals surface area contributed by atoms with Crippen LogP contribution in [0, 0.1) is 0 Å². The number of benzene rings is 1. The number of halogens is 1. The van der Waals surface area contributed by atoms with Crippen LogP contribution in [0.1, 0.15) is 26.2 Å². The van der Waals surface area contributed by atoms with Crippen LogP contribution in [-0.4, -0.2) is 36.7 Å². The largest absolute Gasteiger partial charge is 0.495 e. The molecule has 2 N–H and O–H groups in total. The maximum atomic E-state index is 11.6. The van der Waals surface area contributed by atoms with Crippen molar-refractivity contribution >= 4 is 51.5 Å². The van der Waals surface area contributed by atoms with E-state index < -0.39 is 0 Å². The molecule has 0 aliphatic heterocycles. The fourth-order valence-electron chi connectivity index (χ4n) is 1.85. The number of rotatable bonds is 9. The second kappa shape index (κ2) is 11.4. The van der Waals surface area contributed by atoms with Gasteiger partial charge in [0.2, 0.25) is 0 Å². The normalized spacial score (nSPS) is 10.2. The molecule has 0 amide bonds. The lowest BCUT2D eigenvalue weighted by molar-refractivity contribution is -0.111. The smallest absolute Gasteiger partial charge is 0.189 e. The fraction of sp³-hybridized carbons (Fsp3) is 0.500. The third-order valence-electron chi connectivity index (χ3n) is 3.03. The minimum Gasteiger partial charge on any atom is -0.495 e. The lowest BCUT2D eigenvalue weighted by atomic mass is 10.2. The van der Waals surface area contributed by atoms with Crippen molar-refractivity contribution in [3.05, 3.63) is 17.2 Å². The highest BCUT2D eigenvalue weighted by molar-refractivity contribution is 8.13. The average Bonchev–Trinajstić information content (AvgIpc) is 2.57. The summed E-state index contributed by atoms with van der Waals surface area (Å²) in [7, 11) is 3.10. The zero-order chi connectivity index (χ0) is 17.9. The number of thiocarbonyl (C=S) groups is 1. The van der Waals surface area contributed by atoms with E-state index in [1.54, 1.807) is 26.4 Å². The lowest BCUT2D eigenvalue weighted by Crippen LogP contribution is -2.29. The SMILES string of the molecule is CCCSC(=O)CCCNC(=S)Nc1cc(OC)c(Cl)cc1OC. The highest BCUT2D eigenvalue weighted by atomic mass is 35.5. The molecular weight excluding hydrogens is 368 g/mol. The van der Waals surface area contributed by atoms with E-state index in [0.29, 0.717) is 40.3 Å². The van der Waals surface area contributed by atoms with Crippen LogP contribution < -0.4 is 20.1 Å². The second-order valence-electron chi connectivity index (χ2n) is 4.89. The maximum Gasteiger partial charge on any atom is 0.189 e. The number of carbonyl (C=O) groups is 1. The van der Waals surface area contributed by atoms with Gasteiger partial charge in [-0.15, -0.1) is 0 Å². The Kier molecular flexibility index (Phi) is 9.90. The predicted molar refractivity (Wildman–Crippen MR) is 106 cm³/mol. The molecule has 5 nitrogen and oxygen atoms in total. The van der Waals surface area contributed by atoms with Gasteiger partial charge in [0.05, 0.1) is 24.9 Å². The van der Waals surface area contributed by atoms with E-state index in [1.165, 1.54) is 11.8 Å². The summed E-state index contributed by atoms with van der Waals surface area (Å²) in [6.07, 6.45) is 2.28. The van der Waals surface area contributed by atoms with Crippen LogP contribution in [0.15, 0.2) is 12.1 Å². The standard InChI is InChI=1S/C16H23ClN2O3S2/c1-4-8-24-15(20)6-5-7-18-16(23)19-12-10-13(21-2)11(17)9-14(12)22-3/h9-10H,4-8H2,1-3H3,(H2,18,19,23). The first-order chi connectivity index (χ1) is 11.5. The van der Waals surface area contributed by atoms with Crippen LogP contribution in [0.4, 0.5) is 5.69 Å². The van der Waals surface area contributed by atoms with Crippen molar-refractivity contribution in [3.63, 3.8) is 0 Å². The molecule has 0 unspecified atom stereocenters. The molecule has 0 radical (unpaired) electrons. The summed E-state index contributed by atoms with van der Waals surface area (Å²) in [6.45, 7) is 2.68. The molecule has 0 aliphatic rings. The Bertz CT molecular complexity index is 570. The number of ether oxygens (including phenoxy) is 2. The van der Waals surface area contributed by atoms with Crippen LogP contribution in [0.5, 0.6) is 11.5 Å². The molecule has 0 aromatic heterocycles. The fourth-order valence-corrected chi connectivity index (χ4v) is 3.01. The summed E-state index contributed by atoms with van der Waals surface area (Å²) < 4.78 is 10.5. The third kappa shape index (κ3) is 7.15. The van der Waals surface area contributed by atoms with Gasteiger partial charge in [0.1, 0.15) is 11.5 Å². The molecule has 1 rings (SSSR count). The van der Waals surface area contributed by atoms with Crippen LogP contribution in [0.25, 0.3) is 0 Å². The first kappa shape index (κ1) is 20.9. The molecule has 1 aromatic carbocycles. The predicted octanol–water partition coefficient (Wildman–Crippen LogP) is 4.09. The quantitative estimate of drug-likeness (QED) is 0.486. The van der Waals surface area contributed by atoms with E-state index in [-0.39, 0.29) is 5.12 Å². The number of hydrogen-bond acceptors (Lipinski definition) is 5. The topological polar surface area (TPSA) is 59.6 Å². The Labute approximate surface area is 157 Å². The first-order valence-electron chi connectivity index (χ1n) is 7.63. The zero-order valence-electron chi connectivity index (χ0n) is 14.1. The maximum absolute atomic E-state index is 11.6. The first-order valence-corrected chi connectivity index (χ1v) is 9.41. The highest BCUT2D eigenvalue weighted by Crippen LogP contribution is 2.35. The molecular formula is C16H23ClN2O3S2. The summed E-state index contributed by atoms with van der Waals surface area (Å²) in [4.78, 5) is 11.6. The molecule has 0 atom stereocenters. The van der Waals surface area contributed by atoms with Crippen LogP contribution in [0.2, 0.25) is 5.02 Å². The summed E-state index contributed by atoms with van der Waals surface area (Å²) in [5.74, 6) is 1.97. The highest BCUT2D eigenvalue weighted by Gasteiger charge is 2.11. The Morgan fingerprint density at radius 1 is 1.29 bits per heavy atom. The summed E-state index contributed by atoms with van der Waals surface area (Å²) >= 11 is 12.7. The third-order valence-corrected chi connectivity index (χ3v) is 4.71. The van der Waals surface area contributed by atoms with E-state index in [0.717, 1.165) is 18.6 Å². The number of thioether (sulfide) groups is 1. The molecule has 8 heteroatoms. The molecule has 134 valence electrons. The van der Waals surface area contributed by atoms with E-state index in [1.807, 2.05) is 0 Å². The van der Waals surface area contributed by atoms with Crippen molar-refractivity contribution in [2.75, 3.05) is 31.8 Å². The molecule has 0 bridgehead atoms. The van der Waals surface area contributed by atoms with E-state index in [9.17, 15) is 4.79 Å². The molecule has 0 saturated heterocycles. The molecule has 0 fully saturated rings. The molecule has 0 heterocycles. The molecule has 0 saturated carbocycles. The Hall–Kier alpha value is -1.18. The number of anilines is 1. The average molecular weight is 391 g/mol. The molecule has 0 aliphatic carbocycles.